The Balaban J connectivity index is 2.17. The van der Waals surface area contributed by atoms with Crippen LogP contribution in [-0.2, 0) is 11.2 Å². The molecule has 0 fully saturated rings. The molecule has 1 aliphatic carbocycles. The van der Waals surface area contributed by atoms with E-state index in [4.69, 9.17) is 9.52 Å². The van der Waals surface area contributed by atoms with Crippen molar-refractivity contribution < 1.29 is 19.1 Å². The van der Waals surface area contributed by atoms with E-state index >= 15 is 0 Å². The van der Waals surface area contributed by atoms with Crippen molar-refractivity contribution >= 4 is 11.8 Å². The van der Waals surface area contributed by atoms with Crippen molar-refractivity contribution in [2.75, 3.05) is 0 Å². The summed E-state index contributed by atoms with van der Waals surface area (Å²) in [7, 11) is 0. The van der Waals surface area contributed by atoms with Gasteiger partial charge in [-0.15, -0.1) is 0 Å². The lowest BCUT2D eigenvalue weighted by Crippen LogP contribution is -2.21. The van der Waals surface area contributed by atoms with E-state index in [1.807, 2.05) is 0 Å². The van der Waals surface area contributed by atoms with Gasteiger partial charge in [0.25, 0.3) is 0 Å². The molecule has 5 nitrogen and oxygen atoms in total. The highest BCUT2D eigenvalue weighted by atomic mass is 16.4. The summed E-state index contributed by atoms with van der Waals surface area (Å²) in [5.41, 5.74) is 0.590. The van der Waals surface area contributed by atoms with E-state index in [2.05, 4.69) is 4.98 Å². The topological polar surface area (TPSA) is 80.4 Å². The molecule has 0 amide bonds. The van der Waals surface area contributed by atoms with Gasteiger partial charge in [-0.2, -0.15) is 0 Å². The average molecular weight is 195 g/mol. The zero-order valence-corrected chi connectivity index (χ0v) is 7.40. The molecule has 1 aliphatic rings. The zero-order chi connectivity index (χ0) is 10.1. The first kappa shape index (κ1) is 8.93. The smallest absolute Gasteiger partial charge is 0.303 e. The summed E-state index contributed by atoms with van der Waals surface area (Å²) in [4.78, 5) is 25.8. The maximum atomic E-state index is 11.4. The molecule has 0 aliphatic heterocycles. The highest BCUT2D eigenvalue weighted by Gasteiger charge is 2.29. The van der Waals surface area contributed by atoms with E-state index in [1.165, 1.54) is 6.39 Å². The first-order valence-corrected chi connectivity index (χ1v) is 4.34. The second-order valence-electron chi connectivity index (χ2n) is 3.42. The molecule has 1 heterocycles. The zero-order valence-electron chi connectivity index (χ0n) is 7.40. The van der Waals surface area contributed by atoms with Crippen molar-refractivity contribution in [3.8, 4) is 0 Å². The molecule has 0 saturated carbocycles. The number of carbonyl (C=O) groups excluding carboxylic acids is 1. The number of nitrogens with zero attached hydrogens (tertiary/aromatic N) is 1. The van der Waals surface area contributed by atoms with Gasteiger partial charge in [0.15, 0.2) is 17.9 Å². The predicted octanol–water partition coefficient (Wildman–Crippen LogP) is 0.894. The Labute approximate surface area is 79.7 Å². The Morgan fingerprint density at radius 2 is 2.43 bits per heavy atom. The Kier molecular flexibility index (Phi) is 2.07. The summed E-state index contributed by atoms with van der Waals surface area (Å²) in [6.07, 6.45) is 2.00. The van der Waals surface area contributed by atoms with Gasteiger partial charge in [-0.05, 0) is 12.3 Å². The van der Waals surface area contributed by atoms with Gasteiger partial charge in [-0.1, -0.05) is 0 Å². The van der Waals surface area contributed by atoms with Crippen molar-refractivity contribution in [1.82, 2.24) is 4.98 Å². The van der Waals surface area contributed by atoms with Crippen molar-refractivity contribution in [3.63, 3.8) is 0 Å². The van der Waals surface area contributed by atoms with Crippen LogP contribution in [0.5, 0.6) is 0 Å². The molecule has 1 atom stereocenters. The van der Waals surface area contributed by atoms with E-state index in [9.17, 15) is 9.59 Å². The van der Waals surface area contributed by atoms with Crippen LogP contribution < -0.4 is 0 Å². The minimum absolute atomic E-state index is 0.0119. The van der Waals surface area contributed by atoms with Crippen LogP contribution in [-0.4, -0.2) is 21.8 Å². The number of carboxylic acid groups (broad SMARTS) is 1. The van der Waals surface area contributed by atoms with Gasteiger partial charge in [-0.3, -0.25) is 9.59 Å². The third-order valence-electron chi connectivity index (χ3n) is 2.31. The molecule has 1 aromatic rings. The van der Waals surface area contributed by atoms with E-state index in [0.29, 0.717) is 17.9 Å². The predicted molar refractivity (Wildman–Crippen MR) is 44.9 cm³/mol. The van der Waals surface area contributed by atoms with E-state index in [1.54, 1.807) is 0 Å². The molecule has 0 bridgehead atoms. The number of rotatable bonds is 2. The number of oxazole rings is 1. The number of fused-ring (bicyclic) bond motifs is 1. The van der Waals surface area contributed by atoms with E-state index in [-0.39, 0.29) is 24.5 Å². The first-order chi connectivity index (χ1) is 6.66. The van der Waals surface area contributed by atoms with Crippen molar-refractivity contribution in [3.05, 3.63) is 17.8 Å². The summed E-state index contributed by atoms with van der Waals surface area (Å²) >= 11 is 0. The monoisotopic (exact) mass is 195 g/mol. The van der Waals surface area contributed by atoms with Crippen LogP contribution in [0.15, 0.2) is 10.8 Å². The Morgan fingerprint density at radius 3 is 3.14 bits per heavy atom. The summed E-state index contributed by atoms with van der Waals surface area (Å²) in [5, 5.41) is 8.60. The van der Waals surface area contributed by atoms with Crippen LogP contribution in [0.1, 0.15) is 29.1 Å². The highest BCUT2D eigenvalue weighted by molar-refractivity contribution is 5.95. The molecule has 1 N–H and O–H groups in total. The van der Waals surface area contributed by atoms with Gasteiger partial charge in [0.2, 0.25) is 0 Å². The molecule has 0 radical (unpaired) electrons. The highest BCUT2D eigenvalue weighted by Crippen LogP contribution is 2.26. The van der Waals surface area contributed by atoms with Gasteiger partial charge in [0, 0.05) is 12.8 Å². The molecule has 74 valence electrons. The van der Waals surface area contributed by atoms with Crippen LogP contribution >= 0.6 is 0 Å². The minimum Gasteiger partial charge on any atom is -0.481 e. The van der Waals surface area contributed by atoms with Crippen molar-refractivity contribution in [1.29, 1.82) is 0 Å². The fourth-order valence-electron chi connectivity index (χ4n) is 1.73. The lowest BCUT2D eigenvalue weighted by molar-refractivity contribution is -0.138. The number of carboxylic acids is 1. The summed E-state index contributed by atoms with van der Waals surface area (Å²) in [5.74, 6) is -0.867. The fourth-order valence-corrected chi connectivity index (χ4v) is 1.73. The average Bonchev–Trinajstić information content (AvgIpc) is 2.50. The number of ketones is 1. The molecular formula is C9H9NO4. The van der Waals surface area contributed by atoms with Crippen LogP contribution in [0.2, 0.25) is 0 Å². The molecular weight excluding hydrogens is 186 g/mol. The lowest BCUT2D eigenvalue weighted by Gasteiger charge is -2.16. The van der Waals surface area contributed by atoms with E-state index in [0.717, 1.165) is 0 Å². The van der Waals surface area contributed by atoms with Crippen LogP contribution in [0.4, 0.5) is 0 Å². The third kappa shape index (κ3) is 1.53. The van der Waals surface area contributed by atoms with Crippen LogP contribution in [0, 0.1) is 5.92 Å². The normalized spacial score (nSPS) is 20.6. The second kappa shape index (κ2) is 3.25. The third-order valence-corrected chi connectivity index (χ3v) is 2.31. The van der Waals surface area contributed by atoms with Gasteiger partial charge in [-0.25, -0.2) is 4.98 Å². The maximum Gasteiger partial charge on any atom is 0.303 e. The molecule has 2 rings (SSSR count). The number of aromatic nitrogens is 1. The summed E-state index contributed by atoms with van der Waals surface area (Å²) in [6, 6.07) is 0. The molecule has 1 aromatic heterocycles. The molecule has 14 heavy (non-hydrogen) atoms. The molecule has 5 heteroatoms. The number of hydrogen-bond donors (Lipinski definition) is 1. The Morgan fingerprint density at radius 1 is 1.64 bits per heavy atom. The van der Waals surface area contributed by atoms with E-state index < -0.39 is 5.97 Å². The van der Waals surface area contributed by atoms with Crippen molar-refractivity contribution in [2.24, 2.45) is 5.92 Å². The minimum atomic E-state index is -0.880. The number of hydrogen-bond acceptors (Lipinski definition) is 4. The van der Waals surface area contributed by atoms with Gasteiger partial charge >= 0.3 is 5.97 Å². The Bertz CT molecular complexity index is 382. The fraction of sp³-hybridized carbons (Fsp3) is 0.444. The molecule has 0 aromatic carbocycles. The van der Waals surface area contributed by atoms with Gasteiger partial charge in [0.1, 0.15) is 0 Å². The SMILES string of the molecule is O=C(O)CC1CC(=O)c2ocnc2C1. The van der Waals surface area contributed by atoms with Crippen molar-refractivity contribution in [2.45, 2.75) is 19.3 Å². The number of Topliss-reactive ketones (excluding diaryl/α,β-unsaturated/α-hetero) is 1. The molecule has 0 spiro atoms. The van der Waals surface area contributed by atoms with Crippen LogP contribution in [0.25, 0.3) is 0 Å². The summed E-state index contributed by atoms with van der Waals surface area (Å²) < 4.78 is 4.91. The molecule has 0 saturated heterocycles. The second-order valence-corrected chi connectivity index (χ2v) is 3.42. The largest absolute Gasteiger partial charge is 0.481 e. The number of carbonyl (C=O) groups is 2. The lowest BCUT2D eigenvalue weighted by atomic mass is 9.87. The quantitative estimate of drug-likeness (QED) is 0.758. The van der Waals surface area contributed by atoms with Crippen LogP contribution in [0.3, 0.4) is 0 Å². The Hall–Kier alpha value is -1.65. The molecule has 1 unspecified atom stereocenters. The maximum absolute atomic E-state index is 11.4. The van der Waals surface area contributed by atoms with Gasteiger partial charge < -0.3 is 9.52 Å². The standard InChI is InChI=1S/C9H9NO4/c11-7-2-5(3-8(12)13)1-6-9(7)14-4-10-6/h4-5H,1-3H2,(H,12,13). The number of aliphatic carboxylic acids is 1. The first-order valence-electron chi connectivity index (χ1n) is 4.34. The summed E-state index contributed by atoms with van der Waals surface area (Å²) in [6.45, 7) is 0. The van der Waals surface area contributed by atoms with Gasteiger partial charge in [0.05, 0.1) is 5.69 Å².